The standard InChI is InChI=1S/C15H21NO4/c1-19-13-6-5-11(9-14(13)20-2)12(17)10-15(18)16-7-3-4-8-16/h5-6,9,12,17H,3-4,7-8,10H2,1-2H3/t12-/m0/s1. The van der Waals surface area contributed by atoms with Crippen molar-refractivity contribution in [3.05, 3.63) is 23.8 Å². The van der Waals surface area contributed by atoms with Gasteiger partial charge in [0, 0.05) is 13.1 Å². The van der Waals surface area contributed by atoms with Gasteiger partial charge in [-0.2, -0.15) is 0 Å². The average molecular weight is 279 g/mol. The maximum atomic E-state index is 12.0. The second-order valence-corrected chi connectivity index (χ2v) is 4.92. The lowest BCUT2D eigenvalue weighted by atomic mass is 10.1. The van der Waals surface area contributed by atoms with E-state index >= 15 is 0 Å². The molecular formula is C15H21NO4. The monoisotopic (exact) mass is 279 g/mol. The Hall–Kier alpha value is -1.75. The van der Waals surface area contributed by atoms with Crippen LogP contribution in [-0.2, 0) is 4.79 Å². The van der Waals surface area contributed by atoms with Gasteiger partial charge < -0.3 is 19.5 Å². The Balaban J connectivity index is 2.04. The highest BCUT2D eigenvalue weighted by atomic mass is 16.5. The number of ether oxygens (including phenoxy) is 2. The Kier molecular flexibility index (Phi) is 4.84. The number of nitrogens with zero attached hydrogens (tertiary/aromatic N) is 1. The van der Waals surface area contributed by atoms with Crippen molar-refractivity contribution in [3.8, 4) is 11.5 Å². The minimum atomic E-state index is -0.817. The molecule has 5 heteroatoms. The van der Waals surface area contributed by atoms with Crippen LogP contribution in [0.2, 0.25) is 0 Å². The summed E-state index contributed by atoms with van der Waals surface area (Å²) in [6.45, 7) is 1.61. The fourth-order valence-electron chi connectivity index (χ4n) is 2.44. The number of benzene rings is 1. The minimum absolute atomic E-state index is 0.00443. The summed E-state index contributed by atoms with van der Waals surface area (Å²) < 4.78 is 10.4. The van der Waals surface area contributed by atoms with Gasteiger partial charge in [-0.05, 0) is 30.5 Å². The Bertz CT molecular complexity index is 469. The Morgan fingerprint density at radius 1 is 1.25 bits per heavy atom. The largest absolute Gasteiger partial charge is 0.493 e. The topological polar surface area (TPSA) is 59.0 Å². The van der Waals surface area contributed by atoms with Crippen LogP contribution in [0.15, 0.2) is 18.2 Å². The predicted molar refractivity (Wildman–Crippen MR) is 74.9 cm³/mol. The molecule has 5 nitrogen and oxygen atoms in total. The fraction of sp³-hybridized carbons (Fsp3) is 0.533. The van der Waals surface area contributed by atoms with Crippen LogP contribution in [0, 0.1) is 0 Å². The third-order valence-corrected chi connectivity index (χ3v) is 3.62. The molecule has 1 heterocycles. The van der Waals surface area contributed by atoms with Gasteiger partial charge >= 0.3 is 0 Å². The predicted octanol–water partition coefficient (Wildman–Crippen LogP) is 1.75. The molecule has 110 valence electrons. The number of amides is 1. The van der Waals surface area contributed by atoms with Crippen LogP contribution in [0.4, 0.5) is 0 Å². The van der Waals surface area contributed by atoms with Crippen molar-refractivity contribution < 1.29 is 19.4 Å². The number of aliphatic hydroxyl groups is 1. The van der Waals surface area contributed by atoms with Crippen LogP contribution < -0.4 is 9.47 Å². The quantitative estimate of drug-likeness (QED) is 0.892. The summed E-state index contributed by atoms with van der Waals surface area (Å²) in [5.41, 5.74) is 0.662. The summed E-state index contributed by atoms with van der Waals surface area (Å²) in [6.07, 6.45) is 1.40. The summed E-state index contributed by atoms with van der Waals surface area (Å²) in [4.78, 5) is 13.8. The maximum Gasteiger partial charge on any atom is 0.225 e. The van der Waals surface area contributed by atoms with E-state index in [4.69, 9.17) is 9.47 Å². The van der Waals surface area contributed by atoms with Gasteiger partial charge in [-0.15, -0.1) is 0 Å². The molecule has 0 bridgehead atoms. The van der Waals surface area contributed by atoms with Gasteiger partial charge in [0.25, 0.3) is 0 Å². The molecule has 1 aromatic carbocycles. The van der Waals surface area contributed by atoms with E-state index in [-0.39, 0.29) is 12.3 Å². The smallest absolute Gasteiger partial charge is 0.225 e. The summed E-state index contributed by atoms with van der Waals surface area (Å²) in [5.74, 6) is 1.16. The van der Waals surface area contributed by atoms with Gasteiger partial charge in [-0.1, -0.05) is 6.07 Å². The molecule has 1 aromatic rings. The van der Waals surface area contributed by atoms with Crippen molar-refractivity contribution in [3.63, 3.8) is 0 Å². The molecular weight excluding hydrogens is 258 g/mol. The summed E-state index contributed by atoms with van der Waals surface area (Å²) >= 11 is 0. The number of rotatable bonds is 5. The zero-order valence-corrected chi connectivity index (χ0v) is 12.0. The Labute approximate surface area is 119 Å². The van der Waals surface area contributed by atoms with Crippen LogP contribution in [0.1, 0.15) is 30.9 Å². The number of carbonyl (C=O) groups is 1. The minimum Gasteiger partial charge on any atom is -0.493 e. The molecule has 2 rings (SSSR count). The van der Waals surface area contributed by atoms with Gasteiger partial charge in [-0.25, -0.2) is 0 Å². The molecule has 1 saturated heterocycles. The van der Waals surface area contributed by atoms with E-state index in [1.54, 1.807) is 32.4 Å². The molecule has 0 spiro atoms. The van der Waals surface area contributed by atoms with Crippen molar-refractivity contribution >= 4 is 5.91 Å². The van der Waals surface area contributed by atoms with Crippen LogP contribution >= 0.6 is 0 Å². The first-order valence-electron chi connectivity index (χ1n) is 6.83. The molecule has 0 radical (unpaired) electrons. The Morgan fingerprint density at radius 2 is 1.90 bits per heavy atom. The van der Waals surface area contributed by atoms with E-state index in [9.17, 15) is 9.90 Å². The third-order valence-electron chi connectivity index (χ3n) is 3.62. The number of carbonyl (C=O) groups excluding carboxylic acids is 1. The molecule has 20 heavy (non-hydrogen) atoms. The second kappa shape index (κ2) is 6.61. The highest BCUT2D eigenvalue weighted by molar-refractivity contribution is 5.77. The van der Waals surface area contributed by atoms with Crippen molar-refractivity contribution in [1.82, 2.24) is 4.90 Å². The zero-order valence-electron chi connectivity index (χ0n) is 12.0. The third kappa shape index (κ3) is 3.22. The summed E-state index contributed by atoms with van der Waals surface area (Å²) in [7, 11) is 3.11. The number of aliphatic hydroxyl groups excluding tert-OH is 1. The van der Waals surface area contributed by atoms with E-state index in [0.717, 1.165) is 25.9 Å². The molecule has 1 aliphatic rings. The summed E-state index contributed by atoms with van der Waals surface area (Å²) in [5, 5.41) is 10.2. The molecule has 1 amide bonds. The van der Waals surface area contributed by atoms with Gasteiger partial charge in [0.2, 0.25) is 5.91 Å². The Morgan fingerprint density at radius 3 is 2.50 bits per heavy atom. The molecule has 1 atom stereocenters. The van der Waals surface area contributed by atoms with Crippen molar-refractivity contribution in [2.45, 2.75) is 25.4 Å². The van der Waals surface area contributed by atoms with E-state index < -0.39 is 6.10 Å². The first kappa shape index (κ1) is 14.7. The lowest BCUT2D eigenvalue weighted by Gasteiger charge is -2.18. The van der Waals surface area contributed by atoms with E-state index in [1.807, 2.05) is 4.90 Å². The van der Waals surface area contributed by atoms with Gasteiger partial charge in [0.05, 0.1) is 26.7 Å². The molecule has 0 unspecified atom stereocenters. The van der Waals surface area contributed by atoms with Crippen molar-refractivity contribution in [1.29, 1.82) is 0 Å². The summed E-state index contributed by atoms with van der Waals surface area (Å²) in [6, 6.07) is 5.20. The fourth-order valence-corrected chi connectivity index (χ4v) is 2.44. The van der Waals surface area contributed by atoms with Crippen molar-refractivity contribution in [2.75, 3.05) is 27.3 Å². The van der Waals surface area contributed by atoms with Crippen molar-refractivity contribution in [2.24, 2.45) is 0 Å². The highest BCUT2D eigenvalue weighted by Crippen LogP contribution is 2.31. The molecule has 0 saturated carbocycles. The molecule has 0 aliphatic carbocycles. The molecule has 1 fully saturated rings. The lowest BCUT2D eigenvalue weighted by Crippen LogP contribution is -2.28. The van der Waals surface area contributed by atoms with E-state index in [1.165, 1.54) is 0 Å². The average Bonchev–Trinajstić information content (AvgIpc) is 3.00. The van der Waals surface area contributed by atoms with Crippen LogP contribution in [-0.4, -0.2) is 43.2 Å². The molecule has 0 aromatic heterocycles. The first-order chi connectivity index (χ1) is 9.65. The van der Waals surface area contributed by atoms with Gasteiger partial charge in [0.1, 0.15) is 0 Å². The lowest BCUT2D eigenvalue weighted by molar-refractivity contribution is -0.132. The SMILES string of the molecule is COc1ccc([C@@H](O)CC(=O)N2CCCC2)cc1OC. The number of methoxy groups -OCH3 is 2. The number of hydrogen-bond donors (Lipinski definition) is 1. The van der Waals surface area contributed by atoms with E-state index in [2.05, 4.69) is 0 Å². The first-order valence-corrected chi connectivity index (χ1v) is 6.83. The second-order valence-electron chi connectivity index (χ2n) is 4.92. The van der Waals surface area contributed by atoms with E-state index in [0.29, 0.717) is 17.1 Å². The number of hydrogen-bond acceptors (Lipinski definition) is 4. The zero-order chi connectivity index (χ0) is 14.5. The van der Waals surface area contributed by atoms with Crippen LogP contribution in [0.5, 0.6) is 11.5 Å². The molecule has 1 N–H and O–H groups in total. The molecule has 1 aliphatic heterocycles. The van der Waals surface area contributed by atoms with Crippen LogP contribution in [0.3, 0.4) is 0 Å². The maximum absolute atomic E-state index is 12.0. The van der Waals surface area contributed by atoms with Gasteiger partial charge in [0.15, 0.2) is 11.5 Å². The van der Waals surface area contributed by atoms with Gasteiger partial charge in [-0.3, -0.25) is 4.79 Å². The van der Waals surface area contributed by atoms with Crippen LogP contribution in [0.25, 0.3) is 0 Å². The normalized spacial score (nSPS) is 16.1. The number of likely N-dealkylation sites (tertiary alicyclic amines) is 1. The highest BCUT2D eigenvalue weighted by Gasteiger charge is 2.22.